The summed E-state index contributed by atoms with van der Waals surface area (Å²) in [5, 5.41) is 0.859. The summed E-state index contributed by atoms with van der Waals surface area (Å²) in [6, 6.07) is 6.79. The molecule has 1 aromatic heterocycles. The lowest BCUT2D eigenvalue weighted by molar-refractivity contribution is -0.140. The van der Waals surface area contributed by atoms with E-state index in [1.807, 2.05) is 6.92 Å². The third-order valence-electron chi connectivity index (χ3n) is 4.44. The minimum absolute atomic E-state index is 0.0672. The summed E-state index contributed by atoms with van der Waals surface area (Å²) < 4.78 is 16.3. The van der Waals surface area contributed by atoms with Gasteiger partial charge in [-0.2, -0.15) is 0 Å². The van der Waals surface area contributed by atoms with Crippen LogP contribution in [-0.2, 0) is 14.3 Å². The number of rotatable bonds is 7. The first-order chi connectivity index (χ1) is 13.9. The lowest BCUT2D eigenvalue weighted by Gasteiger charge is -2.30. The summed E-state index contributed by atoms with van der Waals surface area (Å²) in [7, 11) is 1.30. The van der Waals surface area contributed by atoms with Crippen molar-refractivity contribution in [3.8, 4) is 11.5 Å². The molecule has 0 unspecified atom stereocenters. The maximum absolute atomic E-state index is 12.2. The molecule has 154 valence electrons. The molecule has 0 N–H and O–H groups in total. The van der Waals surface area contributed by atoms with Crippen LogP contribution in [0.25, 0.3) is 0 Å². The van der Waals surface area contributed by atoms with Crippen molar-refractivity contribution in [1.82, 2.24) is 4.98 Å². The molecule has 1 amide bonds. The first-order valence-electron chi connectivity index (χ1n) is 9.04. The third-order valence-corrected chi connectivity index (χ3v) is 4.96. The van der Waals surface area contributed by atoms with Gasteiger partial charge in [-0.25, -0.2) is 0 Å². The first kappa shape index (κ1) is 21.2. The van der Waals surface area contributed by atoms with Gasteiger partial charge in [0.05, 0.1) is 35.0 Å². The van der Waals surface area contributed by atoms with Gasteiger partial charge in [-0.15, -0.1) is 0 Å². The fourth-order valence-corrected chi connectivity index (χ4v) is 3.24. The van der Waals surface area contributed by atoms with Crippen LogP contribution in [0.5, 0.6) is 11.5 Å². The number of nitrogens with zero attached hydrogens (tertiary/aromatic N) is 2. The second-order valence-corrected chi connectivity index (χ2v) is 7.17. The predicted molar refractivity (Wildman–Crippen MR) is 109 cm³/mol. The van der Waals surface area contributed by atoms with Gasteiger partial charge in [0.2, 0.25) is 0 Å². The number of amides is 1. The molecular weight excluding hydrogens is 419 g/mol. The molecule has 2 aromatic rings. The largest absolute Gasteiger partial charge is 0.482 e. The summed E-state index contributed by atoms with van der Waals surface area (Å²) in [6.45, 7) is 2.01. The van der Waals surface area contributed by atoms with Gasteiger partial charge in [0.1, 0.15) is 17.6 Å². The van der Waals surface area contributed by atoms with Crippen LogP contribution < -0.4 is 14.4 Å². The van der Waals surface area contributed by atoms with E-state index in [1.54, 1.807) is 30.5 Å². The molecule has 29 heavy (non-hydrogen) atoms. The topological polar surface area (TPSA) is 78.0 Å². The molecule has 9 heteroatoms. The lowest BCUT2D eigenvalue weighted by Crippen LogP contribution is -2.40. The van der Waals surface area contributed by atoms with Crippen molar-refractivity contribution in [2.75, 3.05) is 25.2 Å². The maximum Gasteiger partial charge on any atom is 0.307 e. The Labute approximate surface area is 178 Å². The number of halogens is 2. The van der Waals surface area contributed by atoms with Crippen LogP contribution in [0.1, 0.15) is 31.6 Å². The Morgan fingerprint density at radius 2 is 2.14 bits per heavy atom. The summed E-state index contributed by atoms with van der Waals surface area (Å²) in [5.41, 5.74) is 1.21. The summed E-state index contributed by atoms with van der Waals surface area (Å²) >= 11 is 12.3. The number of aromatic nitrogens is 1. The van der Waals surface area contributed by atoms with Gasteiger partial charge in [0.25, 0.3) is 5.91 Å². The summed E-state index contributed by atoms with van der Waals surface area (Å²) in [6.07, 6.45) is 1.96. The number of carbonyl (C=O) groups is 2. The summed E-state index contributed by atoms with van der Waals surface area (Å²) in [5.74, 6) is 0.199. The molecule has 0 saturated carbocycles. The van der Waals surface area contributed by atoms with Crippen molar-refractivity contribution in [3.05, 3.63) is 46.2 Å². The van der Waals surface area contributed by atoms with Gasteiger partial charge in [-0.3, -0.25) is 14.6 Å². The van der Waals surface area contributed by atoms with Gasteiger partial charge >= 0.3 is 5.97 Å². The number of ether oxygens (including phenoxy) is 3. The normalized spacial score (nSPS) is 14.1. The molecule has 1 aliphatic heterocycles. The van der Waals surface area contributed by atoms with Crippen LogP contribution in [0.2, 0.25) is 10.0 Å². The van der Waals surface area contributed by atoms with Gasteiger partial charge in [0, 0.05) is 18.8 Å². The van der Waals surface area contributed by atoms with Crippen molar-refractivity contribution < 1.29 is 23.8 Å². The van der Waals surface area contributed by atoms with Gasteiger partial charge in [-0.05, 0) is 24.6 Å². The molecule has 3 rings (SSSR count). The minimum Gasteiger partial charge on any atom is -0.482 e. The molecule has 0 radical (unpaired) electrons. The van der Waals surface area contributed by atoms with Crippen LogP contribution in [-0.4, -0.2) is 37.1 Å². The van der Waals surface area contributed by atoms with Crippen molar-refractivity contribution in [1.29, 1.82) is 0 Å². The van der Waals surface area contributed by atoms with E-state index in [0.717, 1.165) is 5.69 Å². The summed E-state index contributed by atoms with van der Waals surface area (Å²) in [4.78, 5) is 29.5. The SMILES string of the molecule is CC[C@@H](Oc1cc2c(cc1Cl)N(CCC(=O)OC)C(=O)CO2)c1ccc(Cl)cn1. The highest BCUT2D eigenvalue weighted by atomic mass is 35.5. The number of benzene rings is 1. The molecule has 0 bridgehead atoms. The number of hydrogen-bond acceptors (Lipinski definition) is 6. The highest BCUT2D eigenvalue weighted by Gasteiger charge is 2.28. The predicted octanol–water partition coefficient (Wildman–Crippen LogP) is 4.21. The molecule has 0 spiro atoms. The third kappa shape index (κ3) is 4.92. The molecule has 0 fully saturated rings. The number of esters is 1. The van der Waals surface area contributed by atoms with Crippen molar-refractivity contribution in [2.24, 2.45) is 0 Å². The Morgan fingerprint density at radius 1 is 1.34 bits per heavy atom. The van der Waals surface area contributed by atoms with Crippen molar-refractivity contribution in [2.45, 2.75) is 25.9 Å². The zero-order valence-electron chi connectivity index (χ0n) is 16.0. The Morgan fingerprint density at radius 3 is 2.79 bits per heavy atom. The molecule has 1 aromatic carbocycles. The number of anilines is 1. The highest BCUT2D eigenvalue weighted by Crippen LogP contribution is 2.42. The highest BCUT2D eigenvalue weighted by molar-refractivity contribution is 6.32. The minimum atomic E-state index is -0.404. The average Bonchev–Trinajstić information content (AvgIpc) is 2.72. The number of pyridine rings is 1. The second kappa shape index (κ2) is 9.33. The lowest BCUT2D eigenvalue weighted by atomic mass is 10.1. The van der Waals surface area contributed by atoms with E-state index < -0.39 is 5.97 Å². The molecule has 0 aliphatic carbocycles. The van der Waals surface area contributed by atoms with E-state index in [0.29, 0.717) is 33.7 Å². The number of methoxy groups -OCH3 is 1. The zero-order chi connectivity index (χ0) is 21.0. The van der Waals surface area contributed by atoms with Gasteiger partial charge in [-0.1, -0.05) is 30.1 Å². The van der Waals surface area contributed by atoms with E-state index in [-0.39, 0.29) is 31.6 Å². The van der Waals surface area contributed by atoms with Crippen LogP contribution in [0.3, 0.4) is 0 Å². The average molecular weight is 439 g/mol. The molecule has 2 heterocycles. The smallest absolute Gasteiger partial charge is 0.307 e. The second-order valence-electron chi connectivity index (χ2n) is 6.33. The first-order valence-corrected chi connectivity index (χ1v) is 9.80. The van der Waals surface area contributed by atoms with Crippen molar-refractivity contribution >= 4 is 40.8 Å². The molecular formula is C20H20Cl2N2O5. The number of fused-ring (bicyclic) bond motifs is 1. The van der Waals surface area contributed by atoms with Crippen LogP contribution in [0, 0.1) is 0 Å². The molecule has 7 nitrogen and oxygen atoms in total. The number of carbonyl (C=O) groups excluding carboxylic acids is 2. The van der Waals surface area contributed by atoms with Crippen LogP contribution in [0.15, 0.2) is 30.5 Å². The van der Waals surface area contributed by atoms with Gasteiger partial charge < -0.3 is 19.1 Å². The van der Waals surface area contributed by atoms with E-state index >= 15 is 0 Å². The van der Waals surface area contributed by atoms with E-state index in [4.69, 9.17) is 32.7 Å². The Bertz CT molecular complexity index is 904. The van der Waals surface area contributed by atoms with Crippen LogP contribution >= 0.6 is 23.2 Å². The quantitative estimate of drug-likeness (QED) is 0.602. The molecule has 1 atom stereocenters. The zero-order valence-corrected chi connectivity index (χ0v) is 17.5. The van der Waals surface area contributed by atoms with E-state index in [1.165, 1.54) is 12.0 Å². The monoisotopic (exact) mass is 438 g/mol. The van der Waals surface area contributed by atoms with Crippen LogP contribution in [0.4, 0.5) is 5.69 Å². The molecule has 0 saturated heterocycles. The maximum atomic E-state index is 12.2. The fourth-order valence-electron chi connectivity index (χ4n) is 2.93. The van der Waals surface area contributed by atoms with E-state index in [2.05, 4.69) is 9.72 Å². The standard InChI is InChI=1S/C20H20Cl2N2O5/c1-3-16(14-5-4-12(21)10-23-14)29-17-9-18-15(8-13(17)22)24(19(25)11-28-18)7-6-20(26)27-2/h4-5,8-10,16H,3,6-7,11H2,1-2H3/t16-/m1/s1. The number of hydrogen-bond donors (Lipinski definition) is 0. The Kier molecular flexibility index (Phi) is 6.82. The molecule has 1 aliphatic rings. The van der Waals surface area contributed by atoms with E-state index in [9.17, 15) is 9.59 Å². The fraction of sp³-hybridized carbons (Fsp3) is 0.350. The Hall–Kier alpha value is -2.51. The van der Waals surface area contributed by atoms with Gasteiger partial charge in [0.15, 0.2) is 6.61 Å². The van der Waals surface area contributed by atoms with Crippen molar-refractivity contribution in [3.63, 3.8) is 0 Å². The Balaban J connectivity index is 1.84.